The lowest BCUT2D eigenvalue weighted by Crippen LogP contribution is -1.96. The van der Waals surface area contributed by atoms with E-state index in [1.54, 1.807) is 24.3 Å². The van der Waals surface area contributed by atoms with E-state index in [1.807, 2.05) is 0 Å². The fourth-order valence-electron chi connectivity index (χ4n) is 2.35. The number of carbonyl (C=O) groups excluding carboxylic acids is 1. The van der Waals surface area contributed by atoms with E-state index in [0.29, 0.717) is 22.1 Å². The maximum atomic E-state index is 12.3. The molecule has 3 rings (SSSR count). The minimum absolute atomic E-state index is 0.0153. The lowest BCUT2D eigenvalue weighted by Gasteiger charge is -2.12. The molecule has 0 saturated heterocycles. The number of halogens is 7. The highest BCUT2D eigenvalue weighted by molar-refractivity contribution is 6.55. The van der Waals surface area contributed by atoms with Crippen LogP contribution in [0.25, 0.3) is 6.08 Å². The van der Waals surface area contributed by atoms with Gasteiger partial charge in [0.25, 0.3) is 0 Å². The third-order valence-electron chi connectivity index (χ3n) is 3.81. The van der Waals surface area contributed by atoms with Gasteiger partial charge in [-0.15, -0.1) is 0 Å². The van der Waals surface area contributed by atoms with Crippen molar-refractivity contribution in [3.63, 3.8) is 0 Å². The second-order valence-corrected chi connectivity index (χ2v) is 8.55. The third kappa shape index (κ3) is 5.23. The molecule has 0 amide bonds. The van der Waals surface area contributed by atoms with Crippen molar-refractivity contribution in [1.29, 1.82) is 0 Å². The monoisotopic (exact) mass is 542 g/mol. The van der Waals surface area contributed by atoms with Gasteiger partial charge in [0.1, 0.15) is 28.2 Å². The van der Waals surface area contributed by atoms with Gasteiger partial charge in [0.15, 0.2) is 11.5 Å². The molecule has 3 aromatic rings. The highest BCUT2D eigenvalue weighted by atomic mass is 35.5. The average molecular weight is 545 g/mol. The van der Waals surface area contributed by atoms with E-state index in [2.05, 4.69) is 0 Å². The molecule has 0 atom stereocenters. The summed E-state index contributed by atoms with van der Waals surface area (Å²) >= 11 is 42.1. The molecular formula is C20H9Cl7O3. The van der Waals surface area contributed by atoms with Gasteiger partial charge in [-0.05, 0) is 42.5 Å². The van der Waals surface area contributed by atoms with Crippen molar-refractivity contribution < 1.29 is 13.9 Å². The van der Waals surface area contributed by atoms with Crippen LogP contribution in [0.15, 0.2) is 40.8 Å². The summed E-state index contributed by atoms with van der Waals surface area (Å²) in [5.41, 5.74) is 0.327. The lowest BCUT2D eigenvalue weighted by atomic mass is 10.1. The molecule has 10 heteroatoms. The van der Waals surface area contributed by atoms with Gasteiger partial charge >= 0.3 is 0 Å². The van der Waals surface area contributed by atoms with Gasteiger partial charge < -0.3 is 9.15 Å². The van der Waals surface area contributed by atoms with E-state index in [9.17, 15) is 4.79 Å². The molecule has 1 heterocycles. The minimum Gasteiger partial charge on any atom is -0.482 e. The van der Waals surface area contributed by atoms with Gasteiger partial charge in [0, 0.05) is 10.6 Å². The zero-order valence-electron chi connectivity index (χ0n) is 14.6. The molecule has 3 nitrogen and oxygen atoms in total. The summed E-state index contributed by atoms with van der Waals surface area (Å²) in [5, 5.41) is 0.882. The molecule has 30 heavy (non-hydrogen) atoms. The van der Waals surface area contributed by atoms with Crippen molar-refractivity contribution >= 4 is 93.1 Å². The van der Waals surface area contributed by atoms with Crippen LogP contribution in [0.2, 0.25) is 35.2 Å². The van der Waals surface area contributed by atoms with Gasteiger partial charge in [-0.3, -0.25) is 4.79 Å². The van der Waals surface area contributed by atoms with Gasteiger partial charge in [-0.1, -0.05) is 81.2 Å². The predicted molar refractivity (Wildman–Crippen MR) is 124 cm³/mol. The van der Waals surface area contributed by atoms with Crippen LogP contribution in [0.1, 0.15) is 21.9 Å². The molecule has 0 unspecified atom stereocenters. The Kier molecular flexibility index (Phi) is 7.92. The number of ketones is 1. The van der Waals surface area contributed by atoms with E-state index in [1.165, 1.54) is 18.2 Å². The molecule has 0 spiro atoms. The smallest absolute Gasteiger partial charge is 0.187 e. The first-order valence-corrected chi connectivity index (χ1v) is 10.7. The second-order valence-electron chi connectivity index (χ2n) is 5.81. The fraction of sp³-hybridized carbons (Fsp3) is 0.0500. The molecule has 0 bridgehead atoms. The first kappa shape index (κ1) is 23.6. The molecule has 0 radical (unpaired) electrons. The summed E-state index contributed by atoms with van der Waals surface area (Å²) in [4.78, 5) is 12.3. The molecular weight excluding hydrogens is 536 g/mol. The number of furan rings is 1. The zero-order valence-corrected chi connectivity index (χ0v) is 19.9. The minimum atomic E-state index is -0.296. The van der Waals surface area contributed by atoms with E-state index >= 15 is 0 Å². The van der Waals surface area contributed by atoms with Gasteiger partial charge in [0.2, 0.25) is 0 Å². The highest BCUT2D eigenvalue weighted by Crippen LogP contribution is 2.48. The SMILES string of the molecule is O=C(/C=C/c1ccc(COc2c(Cl)c(Cl)c(Cl)c(Cl)c2Cl)o1)c1ccc(Cl)cc1Cl. The van der Waals surface area contributed by atoms with Gasteiger partial charge in [0.05, 0.1) is 20.1 Å². The molecule has 0 aliphatic heterocycles. The van der Waals surface area contributed by atoms with Crippen LogP contribution in [-0.2, 0) is 6.61 Å². The van der Waals surface area contributed by atoms with Crippen molar-refractivity contribution in [2.75, 3.05) is 0 Å². The Balaban J connectivity index is 1.70. The topological polar surface area (TPSA) is 39.4 Å². The van der Waals surface area contributed by atoms with Crippen LogP contribution in [0.5, 0.6) is 5.75 Å². The largest absolute Gasteiger partial charge is 0.482 e. The Morgan fingerprint density at radius 2 is 1.50 bits per heavy atom. The van der Waals surface area contributed by atoms with Crippen LogP contribution >= 0.6 is 81.2 Å². The zero-order chi connectivity index (χ0) is 22.0. The lowest BCUT2D eigenvalue weighted by molar-refractivity contribution is 0.104. The Labute approximate surface area is 207 Å². The Bertz CT molecular complexity index is 1120. The summed E-state index contributed by atoms with van der Waals surface area (Å²) in [6, 6.07) is 7.96. The summed E-state index contributed by atoms with van der Waals surface area (Å²) < 4.78 is 11.2. The van der Waals surface area contributed by atoms with Crippen LogP contribution in [0.3, 0.4) is 0 Å². The molecule has 156 valence electrons. The van der Waals surface area contributed by atoms with Gasteiger partial charge in [-0.25, -0.2) is 0 Å². The summed E-state index contributed by atoms with van der Waals surface area (Å²) in [5.74, 6) is 0.658. The summed E-state index contributed by atoms with van der Waals surface area (Å²) in [7, 11) is 0. The highest BCUT2D eigenvalue weighted by Gasteiger charge is 2.21. The van der Waals surface area contributed by atoms with Crippen LogP contribution in [0, 0.1) is 0 Å². The molecule has 0 fully saturated rings. The average Bonchev–Trinajstić information content (AvgIpc) is 3.17. The molecule has 0 aliphatic rings. The third-order valence-corrected chi connectivity index (χ3v) is 6.60. The Hall–Kier alpha value is -1.04. The fourth-order valence-corrected chi connectivity index (χ4v) is 4.09. The van der Waals surface area contributed by atoms with Crippen molar-refractivity contribution in [3.05, 3.63) is 88.7 Å². The maximum Gasteiger partial charge on any atom is 0.187 e. The number of benzene rings is 2. The van der Waals surface area contributed by atoms with Crippen molar-refractivity contribution in [2.45, 2.75) is 6.61 Å². The normalized spacial score (nSPS) is 11.3. The number of hydrogen-bond acceptors (Lipinski definition) is 3. The molecule has 0 saturated carbocycles. The number of allylic oxidation sites excluding steroid dienone is 1. The molecule has 2 aromatic carbocycles. The number of rotatable bonds is 6. The molecule has 1 aromatic heterocycles. The standard InChI is InChI=1S/C20H9Cl7O3/c21-9-1-5-12(13(22)7-9)14(28)6-4-10-2-3-11(30-10)8-29-20-18(26)16(24)15(23)17(25)19(20)27/h1-7H,8H2/b6-4+. The number of ether oxygens (including phenoxy) is 1. The summed E-state index contributed by atoms with van der Waals surface area (Å²) in [6.07, 6.45) is 2.85. The second kappa shape index (κ2) is 10.1. The first-order valence-electron chi connectivity index (χ1n) is 8.09. The maximum absolute atomic E-state index is 12.3. The van der Waals surface area contributed by atoms with Crippen molar-refractivity contribution in [3.8, 4) is 5.75 Å². The number of hydrogen-bond donors (Lipinski definition) is 0. The Morgan fingerprint density at radius 3 is 2.13 bits per heavy atom. The summed E-state index contributed by atoms with van der Waals surface area (Å²) in [6.45, 7) is -0.0153. The van der Waals surface area contributed by atoms with E-state index in [-0.39, 0.29) is 48.3 Å². The Morgan fingerprint density at radius 1 is 0.867 bits per heavy atom. The predicted octanol–water partition coefficient (Wildman–Crippen LogP) is 9.33. The molecule has 0 aliphatic carbocycles. The van der Waals surface area contributed by atoms with Crippen LogP contribution in [-0.4, -0.2) is 5.78 Å². The van der Waals surface area contributed by atoms with Crippen LogP contribution < -0.4 is 4.74 Å². The molecule has 0 N–H and O–H groups in total. The quantitative estimate of drug-likeness (QED) is 0.134. The van der Waals surface area contributed by atoms with E-state index < -0.39 is 0 Å². The number of carbonyl (C=O) groups is 1. The van der Waals surface area contributed by atoms with E-state index in [4.69, 9.17) is 90.4 Å². The first-order chi connectivity index (χ1) is 14.2. The van der Waals surface area contributed by atoms with Crippen LogP contribution in [0.4, 0.5) is 0 Å². The van der Waals surface area contributed by atoms with Gasteiger partial charge in [-0.2, -0.15) is 0 Å². The van der Waals surface area contributed by atoms with E-state index in [0.717, 1.165) is 0 Å². The van der Waals surface area contributed by atoms with Crippen molar-refractivity contribution in [2.24, 2.45) is 0 Å². The van der Waals surface area contributed by atoms with Crippen molar-refractivity contribution in [1.82, 2.24) is 0 Å².